The van der Waals surface area contributed by atoms with Crippen molar-refractivity contribution in [3.63, 3.8) is 0 Å². The first-order chi connectivity index (χ1) is 7.16. The van der Waals surface area contributed by atoms with Gasteiger partial charge in [0.05, 0.1) is 5.92 Å². The standard InChI is InChI=1S/C12H14N2O/c1-8-4-3-5-10(6-8)7-11-9(2)13-14-12(11)15/h3-6,11H,7H2,1-2H3,(H,14,15). The molecule has 0 aliphatic carbocycles. The summed E-state index contributed by atoms with van der Waals surface area (Å²) < 4.78 is 0. The summed E-state index contributed by atoms with van der Waals surface area (Å²) in [5.41, 5.74) is 5.79. The molecule has 0 spiro atoms. The highest BCUT2D eigenvalue weighted by molar-refractivity contribution is 6.07. The van der Waals surface area contributed by atoms with Crippen LogP contribution in [0.4, 0.5) is 0 Å². The van der Waals surface area contributed by atoms with E-state index in [1.165, 1.54) is 11.1 Å². The monoisotopic (exact) mass is 202 g/mol. The average Bonchev–Trinajstić information content (AvgIpc) is 2.50. The van der Waals surface area contributed by atoms with Crippen LogP contribution >= 0.6 is 0 Å². The van der Waals surface area contributed by atoms with Crippen molar-refractivity contribution in [1.29, 1.82) is 0 Å². The van der Waals surface area contributed by atoms with Crippen LogP contribution in [0.2, 0.25) is 0 Å². The van der Waals surface area contributed by atoms with E-state index < -0.39 is 0 Å². The molecule has 1 aromatic rings. The quantitative estimate of drug-likeness (QED) is 0.778. The van der Waals surface area contributed by atoms with Crippen LogP contribution in [0.15, 0.2) is 29.4 Å². The maximum atomic E-state index is 11.4. The summed E-state index contributed by atoms with van der Waals surface area (Å²) in [5, 5.41) is 3.93. The molecule has 2 rings (SSSR count). The molecule has 1 unspecified atom stereocenters. The van der Waals surface area contributed by atoms with Crippen LogP contribution in [0.3, 0.4) is 0 Å². The van der Waals surface area contributed by atoms with Crippen LogP contribution in [0.5, 0.6) is 0 Å². The van der Waals surface area contributed by atoms with E-state index in [9.17, 15) is 4.79 Å². The van der Waals surface area contributed by atoms with E-state index in [0.717, 1.165) is 12.1 Å². The van der Waals surface area contributed by atoms with Crippen molar-refractivity contribution < 1.29 is 4.79 Å². The fourth-order valence-electron chi connectivity index (χ4n) is 1.80. The van der Waals surface area contributed by atoms with Crippen LogP contribution in [-0.4, -0.2) is 11.6 Å². The van der Waals surface area contributed by atoms with E-state index in [2.05, 4.69) is 29.6 Å². The number of hydrogen-bond acceptors (Lipinski definition) is 2. The lowest BCUT2D eigenvalue weighted by Crippen LogP contribution is -2.24. The Labute approximate surface area is 89.2 Å². The van der Waals surface area contributed by atoms with Crippen molar-refractivity contribution in [2.45, 2.75) is 20.3 Å². The van der Waals surface area contributed by atoms with Crippen molar-refractivity contribution in [2.75, 3.05) is 0 Å². The van der Waals surface area contributed by atoms with Gasteiger partial charge in [0.1, 0.15) is 0 Å². The molecule has 78 valence electrons. The van der Waals surface area contributed by atoms with Gasteiger partial charge in [0.15, 0.2) is 0 Å². The summed E-state index contributed by atoms with van der Waals surface area (Å²) in [5.74, 6) is -0.0826. The van der Waals surface area contributed by atoms with E-state index in [4.69, 9.17) is 0 Å². The molecule has 1 N–H and O–H groups in total. The fourth-order valence-corrected chi connectivity index (χ4v) is 1.80. The molecule has 1 heterocycles. The van der Waals surface area contributed by atoms with E-state index in [1.54, 1.807) is 0 Å². The maximum Gasteiger partial charge on any atom is 0.249 e. The third-order valence-corrected chi connectivity index (χ3v) is 2.69. The predicted octanol–water partition coefficient (Wildman–Crippen LogP) is 1.66. The van der Waals surface area contributed by atoms with Gasteiger partial charge in [0.2, 0.25) is 5.91 Å². The Balaban J connectivity index is 2.15. The number of nitrogens with zero attached hydrogens (tertiary/aromatic N) is 1. The summed E-state index contributed by atoms with van der Waals surface area (Å²) in [6.45, 7) is 3.94. The zero-order valence-electron chi connectivity index (χ0n) is 8.95. The maximum absolute atomic E-state index is 11.4. The lowest BCUT2D eigenvalue weighted by molar-refractivity contribution is -0.122. The zero-order valence-corrected chi connectivity index (χ0v) is 8.95. The van der Waals surface area contributed by atoms with E-state index >= 15 is 0 Å². The van der Waals surface area contributed by atoms with Crippen LogP contribution < -0.4 is 5.43 Å². The number of nitrogens with one attached hydrogen (secondary N) is 1. The van der Waals surface area contributed by atoms with E-state index in [1.807, 2.05) is 19.1 Å². The van der Waals surface area contributed by atoms with E-state index in [-0.39, 0.29) is 11.8 Å². The highest BCUT2D eigenvalue weighted by Crippen LogP contribution is 2.15. The third-order valence-electron chi connectivity index (χ3n) is 2.69. The molecule has 3 heteroatoms. The van der Waals surface area contributed by atoms with Gasteiger partial charge in [-0.3, -0.25) is 4.79 Å². The fraction of sp³-hybridized carbons (Fsp3) is 0.333. The molecular weight excluding hydrogens is 188 g/mol. The first-order valence-electron chi connectivity index (χ1n) is 5.06. The van der Waals surface area contributed by atoms with Crippen molar-refractivity contribution in [1.82, 2.24) is 5.43 Å². The van der Waals surface area contributed by atoms with Crippen LogP contribution in [0, 0.1) is 12.8 Å². The molecule has 1 aliphatic rings. The predicted molar refractivity (Wildman–Crippen MR) is 59.6 cm³/mol. The molecule has 3 nitrogen and oxygen atoms in total. The van der Waals surface area contributed by atoms with Gasteiger partial charge in [-0.1, -0.05) is 29.8 Å². The van der Waals surface area contributed by atoms with Crippen molar-refractivity contribution in [2.24, 2.45) is 11.0 Å². The minimum absolute atomic E-state index is 0.00834. The van der Waals surface area contributed by atoms with Crippen molar-refractivity contribution in [3.05, 3.63) is 35.4 Å². The van der Waals surface area contributed by atoms with Gasteiger partial charge in [-0.25, -0.2) is 5.43 Å². The number of carbonyl (C=O) groups is 1. The summed E-state index contributed by atoms with van der Waals surface area (Å²) >= 11 is 0. The third kappa shape index (κ3) is 2.06. The highest BCUT2D eigenvalue weighted by Gasteiger charge is 2.26. The summed E-state index contributed by atoms with van der Waals surface area (Å²) in [4.78, 5) is 11.4. The summed E-state index contributed by atoms with van der Waals surface area (Å²) in [7, 11) is 0. The van der Waals surface area contributed by atoms with Gasteiger partial charge in [0.25, 0.3) is 0 Å². The first kappa shape index (κ1) is 9.90. The van der Waals surface area contributed by atoms with E-state index in [0.29, 0.717) is 0 Å². The summed E-state index contributed by atoms with van der Waals surface area (Å²) in [6.07, 6.45) is 0.739. The van der Waals surface area contributed by atoms with Crippen LogP contribution in [0.1, 0.15) is 18.1 Å². The second-order valence-electron chi connectivity index (χ2n) is 3.98. The molecule has 0 fully saturated rings. The van der Waals surface area contributed by atoms with Crippen molar-refractivity contribution in [3.8, 4) is 0 Å². The Bertz CT molecular complexity index is 423. The number of benzene rings is 1. The molecule has 15 heavy (non-hydrogen) atoms. The molecular formula is C12H14N2O. The molecule has 0 saturated carbocycles. The number of hydrazone groups is 1. The van der Waals surface area contributed by atoms with Gasteiger partial charge in [-0.15, -0.1) is 0 Å². The first-order valence-corrected chi connectivity index (χ1v) is 5.06. The molecule has 1 aromatic carbocycles. The Morgan fingerprint density at radius 2 is 2.20 bits per heavy atom. The minimum atomic E-state index is -0.0909. The smallest absolute Gasteiger partial charge is 0.249 e. The highest BCUT2D eigenvalue weighted by atomic mass is 16.2. The van der Waals surface area contributed by atoms with Gasteiger partial charge in [0, 0.05) is 5.71 Å². The Hall–Kier alpha value is -1.64. The zero-order chi connectivity index (χ0) is 10.8. The molecule has 0 radical (unpaired) electrons. The van der Waals surface area contributed by atoms with Crippen LogP contribution in [-0.2, 0) is 11.2 Å². The van der Waals surface area contributed by atoms with Gasteiger partial charge in [-0.2, -0.15) is 5.10 Å². The molecule has 1 amide bonds. The number of aryl methyl sites for hydroxylation is 1. The van der Waals surface area contributed by atoms with Gasteiger partial charge < -0.3 is 0 Å². The largest absolute Gasteiger partial charge is 0.272 e. The molecule has 1 atom stereocenters. The SMILES string of the molecule is CC1=NNC(=O)C1Cc1cccc(C)c1. The van der Waals surface area contributed by atoms with Crippen molar-refractivity contribution >= 4 is 11.6 Å². The molecule has 0 aromatic heterocycles. The van der Waals surface area contributed by atoms with Gasteiger partial charge in [-0.05, 0) is 25.8 Å². The lowest BCUT2D eigenvalue weighted by atomic mass is 9.95. The lowest BCUT2D eigenvalue weighted by Gasteiger charge is -2.08. The molecule has 1 aliphatic heterocycles. The summed E-state index contributed by atoms with van der Waals surface area (Å²) in [6, 6.07) is 8.23. The number of rotatable bonds is 2. The number of carbonyl (C=O) groups excluding carboxylic acids is 1. The van der Waals surface area contributed by atoms with Crippen LogP contribution in [0.25, 0.3) is 0 Å². The topological polar surface area (TPSA) is 41.5 Å². The molecule has 0 saturated heterocycles. The normalized spacial score (nSPS) is 20.0. The minimum Gasteiger partial charge on any atom is -0.272 e. The second-order valence-corrected chi connectivity index (χ2v) is 3.98. The Morgan fingerprint density at radius 3 is 2.80 bits per heavy atom. The number of amides is 1. The van der Waals surface area contributed by atoms with Gasteiger partial charge >= 0.3 is 0 Å². The number of hydrogen-bond donors (Lipinski definition) is 1. The molecule has 0 bridgehead atoms. The Kier molecular flexibility index (Phi) is 2.54. The average molecular weight is 202 g/mol. The Morgan fingerprint density at radius 1 is 1.40 bits per heavy atom. The second kappa shape index (κ2) is 3.85.